The minimum Gasteiger partial charge on any atom is -0.384 e. The minimum atomic E-state index is -0.339. The quantitative estimate of drug-likeness (QED) is 0.406. The van der Waals surface area contributed by atoms with Gasteiger partial charge in [-0.25, -0.2) is 0 Å². The van der Waals surface area contributed by atoms with E-state index in [-0.39, 0.29) is 17.5 Å². The van der Waals surface area contributed by atoms with Crippen molar-refractivity contribution in [3.05, 3.63) is 108 Å². The van der Waals surface area contributed by atoms with Crippen molar-refractivity contribution in [2.45, 2.75) is 50.6 Å². The second-order valence-electron chi connectivity index (χ2n) is 11.8. The van der Waals surface area contributed by atoms with Crippen LogP contribution in [0.3, 0.4) is 0 Å². The summed E-state index contributed by atoms with van der Waals surface area (Å²) in [6.45, 7) is 1.56. The van der Waals surface area contributed by atoms with Crippen LogP contribution in [0.5, 0.6) is 0 Å². The highest BCUT2D eigenvalue weighted by molar-refractivity contribution is 5.85. The first-order valence-electron chi connectivity index (χ1n) is 14.4. The van der Waals surface area contributed by atoms with E-state index in [4.69, 9.17) is 0 Å². The molecular weight excluding hydrogens is 466 g/mol. The number of allylic oxidation sites excluding steroid dienone is 1. The van der Waals surface area contributed by atoms with Gasteiger partial charge in [0.2, 0.25) is 5.91 Å². The standard InChI is InChI=1S/C34H37N3O/c38-33(34-20-9-10-24(22-34)17-18-29(35-23-34)25-11-3-1-4-12-25)37-21-19-28-31(26-13-5-2-6-14-26)36-30-16-8-7-15-27(30)32(28)37/h1-8,11-16,18,24,28,31-32,35-36H,9-10,17,19-23H2/t24?,28-,31?,32+,34?/m0/s1. The van der Waals surface area contributed by atoms with Crippen LogP contribution in [0.15, 0.2) is 91.0 Å². The lowest BCUT2D eigenvalue weighted by molar-refractivity contribution is -0.146. The Labute approximate surface area is 226 Å². The predicted molar refractivity (Wildman–Crippen MR) is 153 cm³/mol. The Hall–Kier alpha value is -3.53. The van der Waals surface area contributed by atoms with Gasteiger partial charge in [-0.05, 0) is 54.4 Å². The molecule has 4 heteroatoms. The molecule has 4 aliphatic rings. The fourth-order valence-corrected chi connectivity index (χ4v) is 7.82. The van der Waals surface area contributed by atoms with Crippen molar-refractivity contribution in [2.24, 2.45) is 17.3 Å². The Kier molecular flexibility index (Phi) is 5.99. The molecule has 1 saturated carbocycles. The van der Waals surface area contributed by atoms with Crippen LogP contribution in [-0.4, -0.2) is 23.9 Å². The zero-order valence-electron chi connectivity index (χ0n) is 22.0. The molecule has 3 aliphatic heterocycles. The number of likely N-dealkylation sites (tertiary alicyclic amines) is 1. The van der Waals surface area contributed by atoms with Crippen molar-refractivity contribution in [1.82, 2.24) is 10.2 Å². The van der Waals surface area contributed by atoms with Gasteiger partial charge in [0.05, 0.1) is 17.5 Å². The van der Waals surface area contributed by atoms with Crippen molar-refractivity contribution < 1.29 is 4.79 Å². The van der Waals surface area contributed by atoms with E-state index >= 15 is 0 Å². The summed E-state index contributed by atoms with van der Waals surface area (Å²) < 4.78 is 0. The summed E-state index contributed by atoms with van der Waals surface area (Å²) in [7, 11) is 0. The van der Waals surface area contributed by atoms with Crippen molar-refractivity contribution in [3.8, 4) is 0 Å². The van der Waals surface area contributed by atoms with E-state index < -0.39 is 0 Å². The SMILES string of the molecule is O=C(N1CC[C@H]2C(c3ccccc3)Nc3ccccc3[C@H]21)C12CCCC(CC=C(c3ccccc3)NC1)C2. The normalized spacial score (nSPS) is 30.0. The number of carbonyl (C=O) groups excluding carboxylic acids is 1. The van der Waals surface area contributed by atoms with E-state index in [0.717, 1.165) is 45.2 Å². The molecule has 0 radical (unpaired) electrons. The molecule has 194 valence electrons. The third-order valence-corrected chi connectivity index (χ3v) is 9.64. The topological polar surface area (TPSA) is 44.4 Å². The number of fused-ring (bicyclic) bond motifs is 5. The Morgan fingerprint density at radius 1 is 0.895 bits per heavy atom. The van der Waals surface area contributed by atoms with Gasteiger partial charge < -0.3 is 15.5 Å². The summed E-state index contributed by atoms with van der Waals surface area (Å²) in [6, 6.07) is 30.4. The molecule has 1 amide bonds. The van der Waals surface area contributed by atoms with Gasteiger partial charge in [0.15, 0.2) is 0 Å². The molecule has 38 heavy (non-hydrogen) atoms. The highest BCUT2D eigenvalue weighted by atomic mass is 16.2. The van der Waals surface area contributed by atoms with E-state index in [1.54, 1.807) is 0 Å². The molecule has 3 aromatic rings. The molecule has 4 nitrogen and oxygen atoms in total. The molecule has 1 saturated heterocycles. The number of carbonyl (C=O) groups is 1. The van der Waals surface area contributed by atoms with Crippen LogP contribution < -0.4 is 10.6 Å². The lowest BCUT2D eigenvalue weighted by atomic mass is 9.66. The van der Waals surface area contributed by atoms with Crippen LogP contribution in [0.4, 0.5) is 5.69 Å². The van der Waals surface area contributed by atoms with E-state index in [1.165, 1.54) is 34.5 Å². The largest absolute Gasteiger partial charge is 0.384 e. The maximum absolute atomic E-state index is 14.8. The Balaban J connectivity index is 1.23. The molecule has 2 bridgehead atoms. The Morgan fingerprint density at radius 3 is 2.50 bits per heavy atom. The van der Waals surface area contributed by atoms with Gasteiger partial charge >= 0.3 is 0 Å². The van der Waals surface area contributed by atoms with E-state index in [1.807, 2.05) is 0 Å². The second kappa shape index (κ2) is 9.65. The zero-order valence-corrected chi connectivity index (χ0v) is 22.0. The lowest BCUT2D eigenvalue weighted by Gasteiger charge is -2.46. The summed E-state index contributed by atoms with van der Waals surface area (Å²) >= 11 is 0. The number of hydrogen-bond acceptors (Lipinski definition) is 3. The van der Waals surface area contributed by atoms with Gasteiger partial charge in [-0.3, -0.25) is 4.79 Å². The molecule has 7 rings (SSSR count). The van der Waals surface area contributed by atoms with Gasteiger partial charge in [0.25, 0.3) is 0 Å². The first-order chi connectivity index (χ1) is 18.7. The van der Waals surface area contributed by atoms with Crippen molar-refractivity contribution in [1.29, 1.82) is 0 Å². The number of nitrogens with one attached hydrogen (secondary N) is 2. The van der Waals surface area contributed by atoms with Crippen LogP contribution in [0.2, 0.25) is 0 Å². The number of hydrogen-bond donors (Lipinski definition) is 2. The monoisotopic (exact) mass is 503 g/mol. The maximum atomic E-state index is 14.8. The Morgan fingerprint density at radius 2 is 1.66 bits per heavy atom. The fraction of sp³-hybridized carbons (Fsp3) is 0.382. The number of nitrogens with zero attached hydrogens (tertiary/aromatic N) is 1. The first-order valence-corrected chi connectivity index (χ1v) is 14.4. The molecule has 2 N–H and O–H groups in total. The molecule has 3 aromatic carbocycles. The molecule has 5 atom stereocenters. The number of amides is 1. The smallest absolute Gasteiger partial charge is 0.231 e. The van der Waals surface area contributed by atoms with E-state index in [0.29, 0.717) is 17.7 Å². The van der Waals surface area contributed by atoms with Crippen molar-refractivity contribution in [3.63, 3.8) is 0 Å². The van der Waals surface area contributed by atoms with Crippen LogP contribution in [0.25, 0.3) is 5.70 Å². The predicted octanol–water partition coefficient (Wildman–Crippen LogP) is 6.95. The number of benzene rings is 3. The Bertz CT molecular complexity index is 1340. The summed E-state index contributed by atoms with van der Waals surface area (Å²) in [6.07, 6.45) is 8.78. The third-order valence-electron chi connectivity index (χ3n) is 9.64. The van der Waals surface area contributed by atoms with Crippen LogP contribution in [-0.2, 0) is 4.79 Å². The van der Waals surface area contributed by atoms with Gasteiger partial charge in [-0.1, -0.05) is 97.8 Å². The highest BCUT2D eigenvalue weighted by Crippen LogP contribution is 2.53. The lowest BCUT2D eigenvalue weighted by Crippen LogP contribution is -2.52. The zero-order chi connectivity index (χ0) is 25.5. The molecular formula is C34H37N3O. The van der Waals surface area contributed by atoms with Crippen LogP contribution in [0.1, 0.15) is 67.3 Å². The maximum Gasteiger partial charge on any atom is 0.231 e. The second-order valence-corrected chi connectivity index (χ2v) is 11.8. The first kappa shape index (κ1) is 23.6. The fourth-order valence-electron chi connectivity index (χ4n) is 7.82. The average Bonchev–Trinajstić information content (AvgIpc) is 3.42. The number of anilines is 1. The van der Waals surface area contributed by atoms with Gasteiger partial charge in [0.1, 0.15) is 0 Å². The van der Waals surface area contributed by atoms with Crippen molar-refractivity contribution >= 4 is 17.3 Å². The van der Waals surface area contributed by atoms with E-state index in [9.17, 15) is 4.79 Å². The average molecular weight is 504 g/mol. The number of rotatable bonds is 3. The third kappa shape index (κ3) is 4.02. The van der Waals surface area contributed by atoms with Crippen LogP contribution >= 0.6 is 0 Å². The molecule has 2 fully saturated rings. The minimum absolute atomic E-state index is 0.120. The van der Waals surface area contributed by atoms with Gasteiger partial charge in [-0.2, -0.15) is 0 Å². The van der Waals surface area contributed by atoms with E-state index in [2.05, 4.69) is 107 Å². The van der Waals surface area contributed by atoms with Crippen LogP contribution in [0, 0.1) is 17.3 Å². The molecule has 3 unspecified atom stereocenters. The van der Waals surface area contributed by atoms with Crippen molar-refractivity contribution in [2.75, 3.05) is 18.4 Å². The summed E-state index contributed by atoms with van der Waals surface area (Å²) in [5.74, 6) is 1.32. The highest BCUT2D eigenvalue weighted by Gasteiger charge is 2.52. The summed E-state index contributed by atoms with van der Waals surface area (Å²) in [4.78, 5) is 17.1. The molecule has 1 aliphatic carbocycles. The molecule has 0 spiro atoms. The number of para-hydroxylation sites is 1. The van der Waals surface area contributed by atoms with Gasteiger partial charge in [0, 0.05) is 30.4 Å². The molecule has 0 aromatic heterocycles. The molecule has 3 heterocycles. The van der Waals surface area contributed by atoms with Gasteiger partial charge in [-0.15, -0.1) is 0 Å². The summed E-state index contributed by atoms with van der Waals surface area (Å²) in [5.41, 5.74) is 5.83. The summed E-state index contributed by atoms with van der Waals surface area (Å²) in [5, 5.41) is 7.62.